The first-order chi connectivity index (χ1) is 14.8. The first kappa shape index (κ1) is 23.8. The molecule has 32 heavy (non-hydrogen) atoms. The molecule has 0 unspecified atom stereocenters. The summed E-state index contributed by atoms with van der Waals surface area (Å²) in [6, 6.07) is 3.26. The first-order valence-electron chi connectivity index (χ1n) is 10.6. The van der Waals surface area contributed by atoms with Crippen LogP contribution in [0.5, 0.6) is 5.75 Å². The van der Waals surface area contributed by atoms with E-state index in [0.29, 0.717) is 11.5 Å². The quantitative estimate of drug-likeness (QED) is 0.483. The number of methoxy groups -OCH3 is 1. The van der Waals surface area contributed by atoms with Crippen molar-refractivity contribution in [3.63, 3.8) is 0 Å². The van der Waals surface area contributed by atoms with Crippen molar-refractivity contribution in [1.29, 1.82) is 0 Å². The Labute approximate surface area is 187 Å². The van der Waals surface area contributed by atoms with Gasteiger partial charge in [-0.15, -0.1) is 0 Å². The number of anilines is 1. The van der Waals surface area contributed by atoms with Gasteiger partial charge in [0.1, 0.15) is 29.1 Å². The second-order valence-electron chi connectivity index (χ2n) is 9.78. The number of carbonyl (C=O) groups is 3. The van der Waals surface area contributed by atoms with E-state index >= 15 is 0 Å². The van der Waals surface area contributed by atoms with Crippen LogP contribution in [0.2, 0.25) is 0 Å². The van der Waals surface area contributed by atoms with Crippen molar-refractivity contribution >= 4 is 23.8 Å². The van der Waals surface area contributed by atoms with Gasteiger partial charge in [-0.1, -0.05) is 6.07 Å². The second kappa shape index (κ2) is 8.61. The number of nitrogens with zero attached hydrogens (tertiary/aromatic N) is 1. The Morgan fingerprint density at radius 2 is 1.59 bits per heavy atom. The summed E-state index contributed by atoms with van der Waals surface area (Å²) in [6.07, 6.45) is -1.28. The Kier molecular flexibility index (Phi) is 6.42. The van der Waals surface area contributed by atoms with Crippen molar-refractivity contribution in [2.24, 2.45) is 0 Å². The fourth-order valence-electron chi connectivity index (χ4n) is 3.74. The van der Waals surface area contributed by atoms with Crippen LogP contribution in [0, 0.1) is 0 Å². The monoisotopic (exact) mass is 449 g/mol. The van der Waals surface area contributed by atoms with E-state index in [9.17, 15) is 14.4 Å². The highest BCUT2D eigenvalue weighted by molar-refractivity contribution is 6.14. The molecule has 0 aromatic heterocycles. The number of carbonyl (C=O) groups excluding carboxylic acids is 3. The van der Waals surface area contributed by atoms with E-state index in [0.717, 1.165) is 12.0 Å². The molecule has 1 saturated heterocycles. The van der Waals surface area contributed by atoms with Crippen LogP contribution in [-0.4, -0.2) is 55.8 Å². The van der Waals surface area contributed by atoms with Gasteiger partial charge in [0.25, 0.3) is 0 Å². The minimum atomic E-state index is -0.977. The average Bonchev–Trinajstić information content (AvgIpc) is 3.13. The molecular formula is C23H31NO8. The van der Waals surface area contributed by atoms with E-state index in [-0.39, 0.29) is 35.6 Å². The van der Waals surface area contributed by atoms with E-state index in [1.165, 1.54) is 13.2 Å². The Morgan fingerprint density at radius 3 is 2.12 bits per heavy atom. The van der Waals surface area contributed by atoms with Gasteiger partial charge in [0, 0.05) is 18.1 Å². The molecule has 1 aromatic carbocycles. The summed E-state index contributed by atoms with van der Waals surface area (Å²) >= 11 is 0. The third-order valence-electron chi connectivity index (χ3n) is 4.95. The average molecular weight is 450 g/mol. The lowest BCUT2D eigenvalue weighted by Crippen LogP contribution is -2.44. The largest absolute Gasteiger partial charge is 0.490 e. The smallest absolute Gasteiger partial charge is 0.424 e. The van der Waals surface area contributed by atoms with Gasteiger partial charge in [0.15, 0.2) is 0 Å². The number of amides is 2. The van der Waals surface area contributed by atoms with Crippen molar-refractivity contribution in [3.8, 4) is 5.75 Å². The summed E-state index contributed by atoms with van der Waals surface area (Å²) in [5.41, 5.74) is -1.07. The molecule has 9 heteroatoms. The molecule has 9 nitrogen and oxygen atoms in total. The maximum absolute atomic E-state index is 13.1. The van der Waals surface area contributed by atoms with Crippen LogP contribution in [-0.2, 0) is 18.9 Å². The molecule has 0 radical (unpaired) electrons. The zero-order valence-electron chi connectivity index (χ0n) is 19.6. The number of ether oxygens (including phenoxy) is 5. The van der Waals surface area contributed by atoms with E-state index in [2.05, 4.69) is 0 Å². The standard InChI is InChI=1S/C23H31NO8/c1-22(2,3)31-20(26)24(21(27)32-23(4,5)6)15-9-8-14-13-10-11-29-16(13)12-30-18(14)17(15)19(25)28-7/h8-9,13,16H,10-12H2,1-7H3/t13-,16+/m1/s1. The molecule has 0 spiro atoms. The van der Waals surface area contributed by atoms with Gasteiger partial charge in [-0.25, -0.2) is 14.4 Å². The van der Waals surface area contributed by atoms with Gasteiger partial charge in [0.2, 0.25) is 0 Å². The van der Waals surface area contributed by atoms with Crippen molar-refractivity contribution < 1.29 is 38.1 Å². The molecule has 2 aliphatic rings. The molecule has 176 valence electrons. The van der Waals surface area contributed by atoms with Crippen LogP contribution >= 0.6 is 0 Å². The topological polar surface area (TPSA) is 101 Å². The Hall–Kier alpha value is -2.81. The van der Waals surface area contributed by atoms with Crippen LogP contribution in [0.3, 0.4) is 0 Å². The van der Waals surface area contributed by atoms with Crippen molar-refractivity contribution in [1.82, 2.24) is 0 Å². The van der Waals surface area contributed by atoms with Gasteiger partial charge in [-0.05, 0) is 54.0 Å². The summed E-state index contributed by atoms with van der Waals surface area (Å²) in [7, 11) is 1.22. The molecule has 0 N–H and O–H groups in total. The Bertz CT molecular complexity index is 884. The van der Waals surface area contributed by atoms with E-state index < -0.39 is 29.4 Å². The van der Waals surface area contributed by atoms with Crippen molar-refractivity contribution in [2.75, 3.05) is 25.2 Å². The normalized spacial score (nSPS) is 19.8. The summed E-state index contributed by atoms with van der Waals surface area (Å²) < 4.78 is 27.5. The maximum Gasteiger partial charge on any atom is 0.424 e. The van der Waals surface area contributed by atoms with Crippen LogP contribution in [0.15, 0.2) is 12.1 Å². The summed E-state index contributed by atoms with van der Waals surface area (Å²) in [4.78, 5) is 39.7. The summed E-state index contributed by atoms with van der Waals surface area (Å²) in [6.45, 7) is 10.9. The van der Waals surface area contributed by atoms with Crippen LogP contribution in [0.4, 0.5) is 15.3 Å². The van der Waals surface area contributed by atoms with Crippen LogP contribution in [0.25, 0.3) is 0 Å². The Balaban J connectivity index is 2.15. The fraction of sp³-hybridized carbons (Fsp3) is 0.609. The van der Waals surface area contributed by atoms with Gasteiger partial charge in [0.05, 0.1) is 18.9 Å². The fourth-order valence-corrected chi connectivity index (χ4v) is 3.74. The number of imide groups is 1. The molecule has 3 rings (SSSR count). The molecule has 2 amide bonds. The maximum atomic E-state index is 13.1. The summed E-state index contributed by atoms with van der Waals surface area (Å²) in [5, 5.41) is 0. The lowest BCUT2D eigenvalue weighted by atomic mass is 9.88. The van der Waals surface area contributed by atoms with Gasteiger partial charge < -0.3 is 23.7 Å². The minimum Gasteiger partial charge on any atom is -0.490 e. The first-order valence-corrected chi connectivity index (χ1v) is 10.6. The van der Waals surface area contributed by atoms with Crippen molar-refractivity contribution in [2.45, 2.75) is 71.2 Å². The summed E-state index contributed by atoms with van der Waals surface area (Å²) in [5.74, 6) is -0.419. The molecule has 2 heterocycles. The van der Waals surface area contributed by atoms with Gasteiger partial charge in [-0.3, -0.25) is 0 Å². The Morgan fingerprint density at radius 1 is 1.00 bits per heavy atom. The third kappa shape index (κ3) is 4.98. The lowest BCUT2D eigenvalue weighted by Gasteiger charge is -2.32. The molecule has 1 aromatic rings. The number of rotatable bonds is 2. The molecule has 2 atom stereocenters. The predicted molar refractivity (Wildman–Crippen MR) is 115 cm³/mol. The SMILES string of the molecule is COC(=O)c1c(N(C(=O)OC(C)(C)C)C(=O)OC(C)(C)C)ccc2c1OC[C@@H]1OCC[C@H]21. The number of hydrogen-bond donors (Lipinski definition) is 0. The highest BCUT2D eigenvalue weighted by Crippen LogP contribution is 2.45. The third-order valence-corrected chi connectivity index (χ3v) is 4.95. The van der Waals surface area contributed by atoms with E-state index in [1.54, 1.807) is 47.6 Å². The van der Waals surface area contributed by atoms with Crippen LogP contribution < -0.4 is 9.64 Å². The van der Waals surface area contributed by atoms with E-state index in [1.807, 2.05) is 0 Å². The number of hydrogen-bond acceptors (Lipinski definition) is 8. The van der Waals surface area contributed by atoms with E-state index in [4.69, 9.17) is 23.7 Å². The molecule has 1 fully saturated rings. The molecule has 0 bridgehead atoms. The lowest BCUT2D eigenvalue weighted by molar-refractivity contribution is 0.0426. The predicted octanol–water partition coefficient (Wildman–Crippen LogP) is 4.41. The van der Waals surface area contributed by atoms with Gasteiger partial charge in [-0.2, -0.15) is 4.90 Å². The number of fused-ring (bicyclic) bond motifs is 3. The molecule has 0 saturated carbocycles. The van der Waals surface area contributed by atoms with Crippen LogP contribution in [0.1, 0.15) is 69.8 Å². The highest BCUT2D eigenvalue weighted by atomic mass is 16.6. The molecule has 2 aliphatic heterocycles. The zero-order valence-corrected chi connectivity index (χ0v) is 19.6. The number of benzene rings is 1. The highest BCUT2D eigenvalue weighted by Gasteiger charge is 2.42. The van der Waals surface area contributed by atoms with Crippen molar-refractivity contribution in [3.05, 3.63) is 23.3 Å². The molecular weight excluding hydrogens is 418 g/mol. The second-order valence-corrected chi connectivity index (χ2v) is 9.78. The minimum absolute atomic E-state index is 0.0311. The zero-order chi connectivity index (χ0) is 23.8. The number of esters is 1. The molecule has 0 aliphatic carbocycles. The van der Waals surface area contributed by atoms with Gasteiger partial charge >= 0.3 is 18.2 Å².